The molecule has 1 aliphatic rings. The van der Waals surface area contributed by atoms with Gasteiger partial charge < -0.3 is 0 Å². The molecule has 6 heteroatoms. The molecule has 2 aromatic rings. The molecule has 0 spiro atoms. The largest absolute Gasteiger partial charge is 0.286 e. The normalized spacial score (nSPS) is 13.5. The van der Waals surface area contributed by atoms with Gasteiger partial charge in [0.2, 0.25) is 11.6 Å². The Kier molecular flexibility index (Phi) is 3.60. The molecular formula is C16H9NO4S. The lowest BCUT2D eigenvalue weighted by atomic mass is 9.95. The Hall–Kier alpha value is -2.73. The molecule has 0 saturated carbocycles. The van der Waals surface area contributed by atoms with Crippen molar-refractivity contribution in [3.63, 3.8) is 0 Å². The van der Waals surface area contributed by atoms with Crippen LogP contribution in [0.1, 0.15) is 15.9 Å². The van der Waals surface area contributed by atoms with Crippen LogP contribution in [0.15, 0.2) is 59.5 Å². The van der Waals surface area contributed by atoms with Crippen LogP contribution in [0.3, 0.4) is 0 Å². The summed E-state index contributed by atoms with van der Waals surface area (Å²) in [4.78, 5) is 35.3. The molecule has 1 aliphatic carbocycles. The van der Waals surface area contributed by atoms with Gasteiger partial charge in [-0.25, -0.2) is 0 Å². The van der Waals surface area contributed by atoms with Crippen molar-refractivity contribution in [1.29, 1.82) is 0 Å². The summed E-state index contributed by atoms with van der Waals surface area (Å²) in [5.74, 6) is -1.16. The molecule has 108 valence electrons. The van der Waals surface area contributed by atoms with Crippen LogP contribution >= 0.6 is 11.8 Å². The highest BCUT2D eigenvalue weighted by atomic mass is 32.2. The van der Waals surface area contributed by atoms with Crippen LogP contribution in [-0.4, -0.2) is 16.5 Å². The number of allylic oxidation sites excluding steroid dienone is 1. The first-order valence-corrected chi connectivity index (χ1v) is 7.20. The van der Waals surface area contributed by atoms with Gasteiger partial charge in [0.25, 0.3) is 5.69 Å². The second-order valence-electron chi connectivity index (χ2n) is 4.57. The molecule has 5 nitrogen and oxygen atoms in total. The lowest BCUT2D eigenvalue weighted by Crippen LogP contribution is -2.17. The third kappa shape index (κ3) is 2.44. The fourth-order valence-corrected chi connectivity index (χ4v) is 3.27. The molecule has 0 radical (unpaired) electrons. The smallest absolute Gasteiger partial charge is 0.283 e. The van der Waals surface area contributed by atoms with Gasteiger partial charge in [-0.15, -0.1) is 0 Å². The fourth-order valence-electron chi connectivity index (χ4n) is 2.19. The first-order valence-electron chi connectivity index (χ1n) is 6.39. The number of ketones is 2. The molecule has 0 saturated heterocycles. The molecule has 0 heterocycles. The minimum Gasteiger partial charge on any atom is -0.286 e. The molecule has 0 aliphatic heterocycles. The molecule has 0 bridgehead atoms. The van der Waals surface area contributed by atoms with Crippen LogP contribution in [0.25, 0.3) is 4.91 Å². The summed E-state index contributed by atoms with van der Waals surface area (Å²) >= 11 is 1.11. The molecule has 2 aromatic carbocycles. The average molecular weight is 311 g/mol. The number of Topliss-reactive ketones (excluding diaryl/α,β-unsaturated/α-hetero) is 1. The van der Waals surface area contributed by atoms with Crippen LogP contribution in [0, 0.1) is 10.1 Å². The number of hydrogen-bond acceptors (Lipinski definition) is 5. The second kappa shape index (κ2) is 5.57. The monoisotopic (exact) mass is 311 g/mol. The number of nitrogens with zero attached hydrogens (tertiary/aromatic N) is 1. The van der Waals surface area contributed by atoms with Gasteiger partial charge in [-0.3, -0.25) is 19.7 Å². The maximum absolute atomic E-state index is 11.9. The topological polar surface area (TPSA) is 77.3 Å². The number of carbonyl (C=O) groups excluding carboxylic acids is 2. The van der Waals surface area contributed by atoms with Crippen molar-refractivity contribution in [3.05, 3.63) is 75.8 Å². The summed E-state index contributed by atoms with van der Waals surface area (Å²) in [6, 6.07) is 13.1. The van der Waals surface area contributed by atoms with Crippen LogP contribution < -0.4 is 0 Å². The van der Waals surface area contributed by atoms with Crippen molar-refractivity contribution in [1.82, 2.24) is 0 Å². The van der Waals surface area contributed by atoms with E-state index in [2.05, 4.69) is 0 Å². The Labute approximate surface area is 129 Å². The van der Waals surface area contributed by atoms with Gasteiger partial charge in [0.15, 0.2) is 0 Å². The first kappa shape index (κ1) is 14.2. The molecule has 0 fully saturated rings. The van der Waals surface area contributed by atoms with Crippen molar-refractivity contribution in [2.24, 2.45) is 0 Å². The second-order valence-corrected chi connectivity index (χ2v) is 5.66. The minimum absolute atomic E-state index is 0.0322. The number of hydrogen-bond donors (Lipinski definition) is 0. The van der Waals surface area contributed by atoms with Gasteiger partial charge in [-0.1, -0.05) is 48.2 Å². The quantitative estimate of drug-likeness (QED) is 0.492. The Morgan fingerprint density at radius 3 is 2.27 bits per heavy atom. The van der Waals surface area contributed by atoms with E-state index in [0.717, 1.165) is 11.8 Å². The highest BCUT2D eigenvalue weighted by Gasteiger charge is 2.27. The predicted molar refractivity (Wildman–Crippen MR) is 82.7 cm³/mol. The zero-order valence-corrected chi connectivity index (χ0v) is 12.0. The third-order valence-electron chi connectivity index (χ3n) is 3.20. The summed E-state index contributed by atoms with van der Waals surface area (Å²) in [7, 11) is 0. The third-order valence-corrected chi connectivity index (χ3v) is 4.33. The van der Waals surface area contributed by atoms with Gasteiger partial charge in [0, 0.05) is 22.6 Å². The van der Waals surface area contributed by atoms with Crippen molar-refractivity contribution in [3.8, 4) is 0 Å². The number of nitro benzene ring substituents is 1. The van der Waals surface area contributed by atoms with E-state index in [1.54, 1.807) is 42.5 Å². The molecule has 22 heavy (non-hydrogen) atoms. The number of para-hydroxylation sites is 1. The van der Waals surface area contributed by atoms with Crippen LogP contribution in [-0.2, 0) is 4.79 Å². The lowest BCUT2D eigenvalue weighted by Gasteiger charge is -2.15. The molecule has 0 N–H and O–H groups in total. The van der Waals surface area contributed by atoms with Crippen LogP contribution in [0.5, 0.6) is 0 Å². The Morgan fingerprint density at radius 1 is 0.909 bits per heavy atom. The van der Waals surface area contributed by atoms with E-state index in [4.69, 9.17) is 0 Å². The predicted octanol–water partition coefficient (Wildman–Crippen LogP) is 3.49. The number of fused-ring (bicyclic) bond motifs is 1. The van der Waals surface area contributed by atoms with E-state index >= 15 is 0 Å². The summed E-state index contributed by atoms with van der Waals surface area (Å²) in [5, 5.41) is 11.1. The Bertz CT molecular complexity index is 842. The number of rotatable bonds is 3. The van der Waals surface area contributed by atoms with E-state index < -0.39 is 16.5 Å². The summed E-state index contributed by atoms with van der Waals surface area (Å²) in [5.41, 5.74) is 0.918. The highest BCUT2D eigenvalue weighted by Crippen LogP contribution is 2.41. The SMILES string of the molecule is O=C1C=C(Sc2ccccc2[N+](=O)[O-])c2ccccc2C1=O. The molecule has 0 unspecified atom stereocenters. The Balaban J connectivity index is 2.07. The lowest BCUT2D eigenvalue weighted by molar-refractivity contribution is -0.387. The van der Waals surface area contributed by atoms with E-state index in [-0.39, 0.29) is 5.69 Å². The fraction of sp³-hybridized carbons (Fsp3) is 0. The molecular weight excluding hydrogens is 302 g/mol. The van der Waals surface area contributed by atoms with Crippen molar-refractivity contribution in [2.75, 3.05) is 0 Å². The van der Waals surface area contributed by atoms with Gasteiger partial charge in [0.1, 0.15) is 0 Å². The maximum atomic E-state index is 11.9. The highest BCUT2D eigenvalue weighted by molar-refractivity contribution is 8.08. The number of nitro groups is 1. The summed E-state index contributed by atoms with van der Waals surface area (Å²) in [6.07, 6.45) is 1.24. The number of carbonyl (C=O) groups is 2. The maximum Gasteiger partial charge on any atom is 0.283 e. The van der Waals surface area contributed by atoms with Crippen LogP contribution in [0.2, 0.25) is 0 Å². The molecule has 3 rings (SSSR count). The number of thioether (sulfide) groups is 1. The summed E-state index contributed by atoms with van der Waals surface area (Å²) < 4.78 is 0. The van der Waals surface area contributed by atoms with E-state index in [1.807, 2.05) is 0 Å². The summed E-state index contributed by atoms with van der Waals surface area (Å²) in [6.45, 7) is 0. The van der Waals surface area contributed by atoms with Crippen molar-refractivity contribution < 1.29 is 14.5 Å². The molecule has 0 amide bonds. The zero-order chi connectivity index (χ0) is 15.7. The number of benzene rings is 2. The average Bonchev–Trinajstić information content (AvgIpc) is 2.53. The van der Waals surface area contributed by atoms with Gasteiger partial charge in [-0.05, 0) is 11.6 Å². The van der Waals surface area contributed by atoms with E-state index in [0.29, 0.717) is 20.9 Å². The zero-order valence-electron chi connectivity index (χ0n) is 11.2. The molecule has 0 aromatic heterocycles. The standard InChI is InChI=1S/C16H9NO4S/c18-13-9-15(10-5-1-2-6-11(10)16(13)19)22-14-8-4-3-7-12(14)17(20)21/h1-9H. The van der Waals surface area contributed by atoms with Gasteiger partial charge >= 0.3 is 0 Å². The van der Waals surface area contributed by atoms with Crippen LogP contribution in [0.4, 0.5) is 5.69 Å². The van der Waals surface area contributed by atoms with Crippen molar-refractivity contribution >= 4 is 33.9 Å². The first-order chi connectivity index (χ1) is 10.6. The molecule has 0 atom stereocenters. The van der Waals surface area contributed by atoms with Gasteiger partial charge in [0.05, 0.1) is 9.82 Å². The Morgan fingerprint density at radius 2 is 1.55 bits per heavy atom. The van der Waals surface area contributed by atoms with Gasteiger partial charge in [-0.2, -0.15) is 0 Å². The van der Waals surface area contributed by atoms with E-state index in [9.17, 15) is 19.7 Å². The minimum atomic E-state index is -0.611. The van der Waals surface area contributed by atoms with Crippen molar-refractivity contribution in [2.45, 2.75) is 4.90 Å². The van der Waals surface area contributed by atoms with E-state index in [1.165, 1.54) is 12.1 Å².